The third kappa shape index (κ3) is 5.38. The molecule has 0 aromatic carbocycles. The monoisotopic (exact) mass is 320 g/mol. The summed E-state index contributed by atoms with van der Waals surface area (Å²) < 4.78 is 0. The molecule has 0 bridgehead atoms. The van der Waals surface area contributed by atoms with Gasteiger partial charge in [-0.1, -0.05) is 18.2 Å². The lowest BCUT2D eigenvalue weighted by Gasteiger charge is -1.87. The minimum atomic E-state index is 0.678. The average Bonchev–Trinajstić information content (AvgIpc) is 3.23. The first-order valence-electron chi connectivity index (χ1n) is 6.16. The minimum absolute atomic E-state index is 0.678. The highest BCUT2D eigenvalue weighted by atomic mass is 32.1. The van der Waals surface area contributed by atoms with Crippen molar-refractivity contribution in [2.45, 2.75) is 13.1 Å². The Balaban J connectivity index is 0.000000178. The van der Waals surface area contributed by atoms with Crippen molar-refractivity contribution in [2.24, 2.45) is 10.7 Å². The van der Waals surface area contributed by atoms with E-state index < -0.39 is 0 Å². The average molecular weight is 321 g/mol. The van der Waals surface area contributed by atoms with Gasteiger partial charge in [-0.3, -0.25) is 4.99 Å². The highest BCUT2D eigenvalue weighted by Crippen LogP contribution is 2.10. The summed E-state index contributed by atoms with van der Waals surface area (Å²) in [4.78, 5) is 8.13. The Hall–Kier alpha value is -1.27. The van der Waals surface area contributed by atoms with Crippen LogP contribution >= 0.6 is 34.0 Å². The fourth-order valence-corrected chi connectivity index (χ4v) is 3.25. The van der Waals surface area contributed by atoms with Gasteiger partial charge in [0.15, 0.2) is 0 Å². The molecule has 3 aromatic heterocycles. The van der Waals surface area contributed by atoms with Crippen molar-refractivity contribution in [2.75, 3.05) is 0 Å². The fourth-order valence-electron chi connectivity index (χ4n) is 1.42. The summed E-state index contributed by atoms with van der Waals surface area (Å²) >= 11 is 5.16. The molecule has 0 aliphatic carbocycles. The van der Waals surface area contributed by atoms with Crippen molar-refractivity contribution < 1.29 is 0 Å². The molecule has 20 heavy (non-hydrogen) atoms. The molecule has 0 spiro atoms. The zero-order valence-corrected chi connectivity index (χ0v) is 13.4. The molecule has 2 N–H and O–H groups in total. The van der Waals surface area contributed by atoms with Crippen molar-refractivity contribution in [1.82, 2.24) is 0 Å². The SMILES string of the molecule is C(=NCc1cccs1)c1cccs1.NCc1cccs1. The summed E-state index contributed by atoms with van der Waals surface area (Å²) in [5, 5.41) is 6.17. The Morgan fingerprint density at radius 2 is 1.55 bits per heavy atom. The number of hydrogen-bond acceptors (Lipinski definition) is 5. The molecule has 3 aromatic rings. The highest BCUT2D eigenvalue weighted by molar-refractivity contribution is 7.11. The second kappa shape index (κ2) is 8.81. The Morgan fingerprint density at radius 3 is 2.05 bits per heavy atom. The Morgan fingerprint density at radius 1 is 0.900 bits per heavy atom. The van der Waals surface area contributed by atoms with Crippen LogP contribution in [0, 0.1) is 0 Å². The van der Waals surface area contributed by atoms with E-state index in [9.17, 15) is 0 Å². The molecule has 0 amide bonds. The second-order valence-corrected chi connectivity index (χ2v) is 6.89. The van der Waals surface area contributed by atoms with Gasteiger partial charge in [0.1, 0.15) is 0 Å². The first-order valence-corrected chi connectivity index (χ1v) is 8.80. The minimum Gasteiger partial charge on any atom is -0.326 e. The molecule has 2 nitrogen and oxygen atoms in total. The zero-order valence-electron chi connectivity index (χ0n) is 10.9. The van der Waals surface area contributed by atoms with Gasteiger partial charge in [0.25, 0.3) is 0 Å². The predicted molar refractivity (Wildman–Crippen MR) is 92.1 cm³/mol. The second-order valence-electron chi connectivity index (χ2n) is 3.85. The maximum absolute atomic E-state index is 5.30. The smallest absolute Gasteiger partial charge is 0.0733 e. The van der Waals surface area contributed by atoms with Crippen LogP contribution < -0.4 is 5.73 Å². The lowest BCUT2D eigenvalue weighted by molar-refractivity contribution is 1.11. The third-order valence-electron chi connectivity index (χ3n) is 2.37. The standard InChI is InChI=1S/C10H9NS2.C5H7NS/c1-3-9(12-5-1)7-11-8-10-4-2-6-13-10;6-4-5-2-1-3-7-5/h1-7H,8H2;1-3H,4,6H2. The van der Waals surface area contributed by atoms with Gasteiger partial charge in [-0.25, -0.2) is 0 Å². The molecule has 3 heterocycles. The van der Waals surface area contributed by atoms with E-state index in [0.717, 1.165) is 6.54 Å². The molecule has 5 heteroatoms. The number of nitrogens with two attached hydrogens (primary N) is 1. The topological polar surface area (TPSA) is 38.4 Å². The van der Waals surface area contributed by atoms with Gasteiger partial charge in [-0.15, -0.1) is 34.0 Å². The first-order chi connectivity index (χ1) is 9.88. The molecule has 0 atom stereocenters. The van der Waals surface area contributed by atoms with Crippen molar-refractivity contribution in [3.05, 3.63) is 67.2 Å². The van der Waals surface area contributed by atoms with Crippen LogP contribution in [0.25, 0.3) is 0 Å². The largest absolute Gasteiger partial charge is 0.326 e. The molecule has 0 aliphatic rings. The van der Waals surface area contributed by atoms with Crippen LogP contribution in [0.2, 0.25) is 0 Å². The van der Waals surface area contributed by atoms with Crippen LogP contribution in [-0.4, -0.2) is 6.21 Å². The van der Waals surface area contributed by atoms with Crippen LogP contribution in [0.1, 0.15) is 14.6 Å². The van der Waals surface area contributed by atoms with Crippen LogP contribution in [0.4, 0.5) is 0 Å². The van der Waals surface area contributed by atoms with Crippen molar-refractivity contribution in [1.29, 1.82) is 0 Å². The van der Waals surface area contributed by atoms with E-state index in [-0.39, 0.29) is 0 Å². The van der Waals surface area contributed by atoms with Gasteiger partial charge in [-0.05, 0) is 34.3 Å². The maximum Gasteiger partial charge on any atom is 0.0733 e. The van der Waals surface area contributed by atoms with Gasteiger partial charge in [0.05, 0.1) is 6.54 Å². The lowest BCUT2D eigenvalue weighted by atomic mass is 10.4. The van der Waals surface area contributed by atoms with E-state index in [2.05, 4.69) is 34.0 Å². The summed E-state index contributed by atoms with van der Waals surface area (Å²) in [6.07, 6.45) is 1.93. The van der Waals surface area contributed by atoms with E-state index in [1.54, 1.807) is 34.0 Å². The molecule has 104 valence electrons. The van der Waals surface area contributed by atoms with Crippen LogP contribution in [0.15, 0.2) is 57.5 Å². The molecular formula is C15H16N2S3. The quantitative estimate of drug-likeness (QED) is 0.699. The summed E-state index contributed by atoms with van der Waals surface area (Å²) in [6, 6.07) is 12.3. The molecule has 0 radical (unpaired) electrons. The van der Waals surface area contributed by atoms with Crippen LogP contribution in [0.5, 0.6) is 0 Å². The van der Waals surface area contributed by atoms with Crippen molar-refractivity contribution >= 4 is 40.2 Å². The lowest BCUT2D eigenvalue weighted by Crippen LogP contribution is -1.90. The van der Waals surface area contributed by atoms with E-state index in [4.69, 9.17) is 5.73 Å². The summed E-state index contributed by atoms with van der Waals surface area (Å²) in [7, 11) is 0. The van der Waals surface area contributed by atoms with Crippen molar-refractivity contribution in [3.63, 3.8) is 0 Å². The van der Waals surface area contributed by atoms with E-state index in [1.165, 1.54) is 14.6 Å². The predicted octanol–water partition coefficient (Wildman–Crippen LogP) is 4.64. The Bertz CT molecular complexity index is 581. The van der Waals surface area contributed by atoms with Gasteiger partial charge in [0, 0.05) is 27.4 Å². The number of aliphatic imine (C=N–C) groups is 1. The van der Waals surface area contributed by atoms with Gasteiger partial charge >= 0.3 is 0 Å². The Labute approximate surface area is 131 Å². The molecule has 0 saturated carbocycles. The van der Waals surface area contributed by atoms with Gasteiger partial charge in [-0.2, -0.15) is 0 Å². The van der Waals surface area contributed by atoms with Crippen LogP contribution in [-0.2, 0) is 13.1 Å². The summed E-state index contributed by atoms with van der Waals surface area (Å²) in [6.45, 7) is 1.48. The first kappa shape index (κ1) is 15.1. The molecule has 0 aliphatic heterocycles. The third-order valence-corrected chi connectivity index (χ3v) is 4.94. The number of nitrogens with zero attached hydrogens (tertiary/aromatic N) is 1. The van der Waals surface area contributed by atoms with E-state index >= 15 is 0 Å². The van der Waals surface area contributed by atoms with E-state index in [1.807, 2.05) is 29.8 Å². The molecular weight excluding hydrogens is 304 g/mol. The van der Waals surface area contributed by atoms with Gasteiger partial charge < -0.3 is 5.73 Å². The normalized spacial score (nSPS) is 10.4. The summed E-state index contributed by atoms with van der Waals surface area (Å²) in [5.41, 5.74) is 5.30. The number of thiophene rings is 3. The zero-order chi connectivity index (χ0) is 14.0. The van der Waals surface area contributed by atoms with Gasteiger partial charge in [0.2, 0.25) is 0 Å². The Kier molecular flexibility index (Phi) is 6.66. The molecule has 0 unspecified atom stereocenters. The number of hydrogen-bond donors (Lipinski definition) is 1. The van der Waals surface area contributed by atoms with E-state index in [0.29, 0.717) is 6.54 Å². The molecule has 0 fully saturated rings. The van der Waals surface area contributed by atoms with Crippen LogP contribution in [0.3, 0.4) is 0 Å². The number of rotatable bonds is 4. The fraction of sp³-hybridized carbons (Fsp3) is 0.133. The highest BCUT2D eigenvalue weighted by Gasteiger charge is 1.90. The molecule has 0 saturated heterocycles. The maximum atomic E-state index is 5.30. The molecule has 3 rings (SSSR count). The summed E-state index contributed by atoms with van der Waals surface area (Å²) in [5.74, 6) is 0. The van der Waals surface area contributed by atoms with Crippen molar-refractivity contribution in [3.8, 4) is 0 Å².